The second-order valence-corrected chi connectivity index (χ2v) is 20.6. The Balaban J connectivity index is 0.994. The number of anilines is 3. The molecule has 0 saturated heterocycles. The molecule has 74 heavy (non-hydrogen) atoms. The Kier molecular flexibility index (Phi) is 9.69. The zero-order valence-electron chi connectivity index (χ0n) is 41.1. The summed E-state index contributed by atoms with van der Waals surface area (Å²) in [7, 11) is 0. The van der Waals surface area contributed by atoms with Crippen LogP contribution in [-0.2, 0) is 10.8 Å². The van der Waals surface area contributed by atoms with Crippen molar-refractivity contribution in [3.05, 3.63) is 310 Å². The molecule has 0 N–H and O–H groups in total. The summed E-state index contributed by atoms with van der Waals surface area (Å²) in [5, 5.41) is 5.12. The van der Waals surface area contributed by atoms with Crippen LogP contribution in [-0.4, -0.2) is 4.57 Å². The summed E-state index contributed by atoms with van der Waals surface area (Å²) in [5.41, 5.74) is 20.3. The van der Waals surface area contributed by atoms with E-state index in [4.69, 9.17) is 0 Å². The SMILES string of the molecule is C1=CCC(C2(c3cccc(N(c4ccc(-c5ccccc5)cc4)c4ccc5c6ccccc6n(-c6ccc7c(c6)=CCCC=7)c5c4)c3)c3ccccc3C3(c4ccccc4)c4ccccc4-c4cccc2c43)C=C1. The highest BCUT2D eigenvalue weighted by Crippen LogP contribution is 2.66. The fourth-order valence-corrected chi connectivity index (χ4v) is 13.9. The molecule has 1 aromatic heterocycles. The predicted octanol–water partition coefficient (Wildman–Crippen LogP) is 16.4. The Bertz CT molecular complexity index is 4230. The van der Waals surface area contributed by atoms with Crippen molar-refractivity contribution >= 4 is 51.0 Å². The van der Waals surface area contributed by atoms with Gasteiger partial charge in [-0.3, -0.25) is 0 Å². The Morgan fingerprint density at radius 1 is 0.419 bits per heavy atom. The Hall–Kier alpha value is -8.98. The van der Waals surface area contributed by atoms with Crippen LogP contribution >= 0.6 is 0 Å². The number of benzene rings is 10. The first kappa shape index (κ1) is 42.7. The lowest BCUT2D eigenvalue weighted by Crippen LogP contribution is -2.47. The Morgan fingerprint density at radius 2 is 1.07 bits per heavy atom. The van der Waals surface area contributed by atoms with Gasteiger partial charge in [-0.05, 0) is 151 Å². The van der Waals surface area contributed by atoms with Crippen molar-refractivity contribution < 1.29 is 0 Å². The predicted molar refractivity (Wildman–Crippen MR) is 308 cm³/mol. The smallest absolute Gasteiger partial charge is 0.0719 e. The summed E-state index contributed by atoms with van der Waals surface area (Å²) >= 11 is 0. The largest absolute Gasteiger partial charge is 0.310 e. The topological polar surface area (TPSA) is 8.17 Å². The van der Waals surface area contributed by atoms with Gasteiger partial charge in [0.2, 0.25) is 0 Å². The lowest BCUT2D eigenvalue weighted by molar-refractivity contribution is 0.424. The number of aromatic nitrogens is 1. The molecule has 0 aliphatic heterocycles. The van der Waals surface area contributed by atoms with E-state index in [9.17, 15) is 0 Å². The van der Waals surface area contributed by atoms with Gasteiger partial charge in [-0.15, -0.1) is 0 Å². The minimum atomic E-state index is -0.556. The molecule has 1 heterocycles. The summed E-state index contributed by atoms with van der Waals surface area (Å²) in [5.74, 6) is 0.130. The summed E-state index contributed by atoms with van der Waals surface area (Å²) in [6.45, 7) is 0. The molecule has 15 rings (SSSR count). The molecular weight excluding hydrogens is 893 g/mol. The zero-order valence-corrected chi connectivity index (χ0v) is 41.1. The van der Waals surface area contributed by atoms with Gasteiger partial charge in [0.05, 0.1) is 21.9 Å². The van der Waals surface area contributed by atoms with Crippen molar-refractivity contribution in [2.75, 3.05) is 4.90 Å². The van der Waals surface area contributed by atoms with Crippen LogP contribution < -0.4 is 15.3 Å². The highest BCUT2D eigenvalue weighted by molar-refractivity contribution is 6.10. The minimum Gasteiger partial charge on any atom is -0.310 e. The van der Waals surface area contributed by atoms with Crippen LogP contribution in [0, 0.1) is 5.92 Å². The minimum absolute atomic E-state index is 0.130. The number of allylic oxidation sites excluding steroid dienone is 4. The van der Waals surface area contributed by atoms with Gasteiger partial charge in [-0.25, -0.2) is 0 Å². The van der Waals surface area contributed by atoms with Crippen LogP contribution in [0.2, 0.25) is 0 Å². The van der Waals surface area contributed by atoms with E-state index < -0.39 is 10.8 Å². The van der Waals surface area contributed by atoms with Crippen LogP contribution in [0.25, 0.3) is 61.9 Å². The number of hydrogen-bond donors (Lipinski definition) is 0. The second-order valence-electron chi connectivity index (χ2n) is 20.6. The van der Waals surface area contributed by atoms with Gasteiger partial charge in [0, 0.05) is 33.5 Å². The third-order valence-corrected chi connectivity index (χ3v) is 16.9. The average Bonchev–Trinajstić information content (AvgIpc) is 3.98. The third kappa shape index (κ3) is 6.12. The number of nitrogens with zero attached hydrogens (tertiary/aromatic N) is 2. The van der Waals surface area contributed by atoms with E-state index in [1.54, 1.807) is 0 Å². The molecule has 0 saturated carbocycles. The number of hydrogen-bond acceptors (Lipinski definition) is 1. The highest BCUT2D eigenvalue weighted by Gasteiger charge is 2.58. The average molecular weight is 945 g/mol. The molecule has 2 heteroatoms. The molecule has 2 nitrogen and oxygen atoms in total. The molecule has 11 aromatic rings. The monoisotopic (exact) mass is 944 g/mol. The molecule has 350 valence electrons. The van der Waals surface area contributed by atoms with E-state index in [2.05, 4.69) is 283 Å². The summed E-state index contributed by atoms with van der Waals surface area (Å²) in [6.07, 6.45) is 17.2. The summed E-state index contributed by atoms with van der Waals surface area (Å²) < 4.78 is 2.48. The number of rotatable bonds is 8. The van der Waals surface area contributed by atoms with Crippen molar-refractivity contribution in [3.8, 4) is 27.9 Å². The lowest BCUT2D eigenvalue weighted by Gasteiger charge is -2.52. The lowest BCUT2D eigenvalue weighted by atomic mass is 9.49. The maximum Gasteiger partial charge on any atom is 0.0719 e. The molecule has 0 bridgehead atoms. The zero-order chi connectivity index (χ0) is 48.8. The van der Waals surface area contributed by atoms with Crippen molar-refractivity contribution in [1.82, 2.24) is 4.57 Å². The molecule has 3 atom stereocenters. The molecule has 4 aliphatic carbocycles. The Labute approximate surface area is 432 Å². The normalized spacial score (nSPS) is 18.7. The molecule has 0 radical (unpaired) electrons. The van der Waals surface area contributed by atoms with Crippen LogP contribution in [0.15, 0.2) is 261 Å². The molecule has 0 fully saturated rings. The number of fused-ring (bicyclic) bond motifs is 9. The maximum atomic E-state index is 2.53. The standard InChI is InChI=1S/C72H52N2/c1-4-20-49(21-5-1)51-38-41-56(42-39-51)73(59-44-45-62-61-31-13-17-37-68(61)74(69(62)48-59)58-43-40-50-22-10-11-23-52(50)46-58)57-29-18-28-55(47-57)71(53-24-6-2-7-25-53)65-34-15-16-35-66(65)72(54-26-8-3-9-27-54)64-33-14-12-30-60(64)63-32-19-36-67(71)70(63)72/h1-9,12-24,26-48,53H,10-11,25H2. The van der Waals surface area contributed by atoms with Crippen molar-refractivity contribution in [1.29, 1.82) is 0 Å². The maximum absolute atomic E-state index is 2.53. The van der Waals surface area contributed by atoms with Crippen molar-refractivity contribution in [2.45, 2.75) is 30.1 Å². The van der Waals surface area contributed by atoms with Crippen LogP contribution in [0.1, 0.15) is 58.2 Å². The van der Waals surface area contributed by atoms with Gasteiger partial charge in [0.15, 0.2) is 0 Å². The van der Waals surface area contributed by atoms with E-state index in [1.165, 1.54) is 99.1 Å². The molecule has 10 aromatic carbocycles. The quantitative estimate of drug-likeness (QED) is 0.147. The molecule has 0 amide bonds. The summed E-state index contributed by atoms with van der Waals surface area (Å²) in [6, 6.07) is 89.6. The molecule has 3 unspecified atom stereocenters. The fraction of sp³-hybridized carbons (Fsp3) is 0.0833. The first-order valence-electron chi connectivity index (χ1n) is 26.3. The van der Waals surface area contributed by atoms with Crippen molar-refractivity contribution in [2.24, 2.45) is 5.92 Å². The molecule has 4 aliphatic rings. The van der Waals surface area contributed by atoms with Crippen molar-refractivity contribution in [3.63, 3.8) is 0 Å². The second kappa shape index (κ2) is 16.8. The molecular formula is C72H52N2. The first-order chi connectivity index (χ1) is 36.7. The van der Waals surface area contributed by atoms with E-state index in [0.717, 1.165) is 36.3 Å². The van der Waals surface area contributed by atoms with Crippen LogP contribution in [0.3, 0.4) is 0 Å². The first-order valence-corrected chi connectivity index (χ1v) is 26.3. The van der Waals surface area contributed by atoms with Gasteiger partial charge in [0.25, 0.3) is 0 Å². The highest BCUT2D eigenvalue weighted by atomic mass is 15.1. The van der Waals surface area contributed by atoms with E-state index in [-0.39, 0.29) is 5.92 Å². The van der Waals surface area contributed by atoms with E-state index in [1.807, 2.05) is 0 Å². The van der Waals surface area contributed by atoms with Crippen LogP contribution in [0.4, 0.5) is 17.1 Å². The Morgan fingerprint density at radius 3 is 1.91 bits per heavy atom. The van der Waals surface area contributed by atoms with Gasteiger partial charge >= 0.3 is 0 Å². The van der Waals surface area contributed by atoms with E-state index >= 15 is 0 Å². The fourth-order valence-electron chi connectivity index (χ4n) is 13.9. The van der Waals surface area contributed by atoms with Gasteiger partial charge in [0.1, 0.15) is 0 Å². The summed E-state index contributed by atoms with van der Waals surface area (Å²) in [4.78, 5) is 2.49. The molecule has 0 spiro atoms. The van der Waals surface area contributed by atoms with Gasteiger partial charge in [-0.1, -0.05) is 218 Å². The van der Waals surface area contributed by atoms with Crippen LogP contribution in [0.5, 0.6) is 0 Å². The third-order valence-electron chi connectivity index (χ3n) is 16.9. The van der Waals surface area contributed by atoms with Gasteiger partial charge in [-0.2, -0.15) is 0 Å². The van der Waals surface area contributed by atoms with E-state index in [0.29, 0.717) is 0 Å². The van der Waals surface area contributed by atoms with Gasteiger partial charge < -0.3 is 9.47 Å². The number of para-hydroxylation sites is 1.